The predicted molar refractivity (Wildman–Crippen MR) is 49.1 cm³/mol. The van der Waals surface area contributed by atoms with Crippen molar-refractivity contribution >= 4 is 14.0 Å². The fraction of sp³-hybridized carbons (Fsp3) is 0.625. The van der Waals surface area contributed by atoms with Crippen molar-refractivity contribution in [1.82, 2.24) is 0 Å². The van der Waals surface area contributed by atoms with Crippen LogP contribution in [-0.2, 0) is 9.53 Å². The fourth-order valence-corrected chi connectivity index (χ4v) is 1.14. The Morgan fingerprint density at radius 1 is 1.45 bits per heavy atom. The van der Waals surface area contributed by atoms with E-state index in [0.717, 1.165) is 0 Å². The summed E-state index contributed by atoms with van der Waals surface area (Å²) in [5, 5.41) is 0. The first-order valence-electron chi connectivity index (χ1n) is 3.81. The molecule has 0 heterocycles. The third-order valence-electron chi connectivity index (χ3n) is 1.01. The molecule has 0 radical (unpaired) electrons. The normalized spacial score (nSPS) is 12.0. The summed E-state index contributed by atoms with van der Waals surface area (Å²) >= 11 is 0. The van der Waals surface area contributed by atoms with Crippen molar-refractivity contribution in [2.45, 2.75) is 26.6 Å². The van der Waals surface area contributed by atoms with Crippen LogP contribution >= 0.6 is 0 Å². The molecule has 0 spiro atoms. The van der Waals surface area contributed by atoms with Crippen LogP contribution in [0.4, 0.5) is 0 Å². The number of carbonyl (C=O) groups excluding carboxylic acids is 1. The summed E-state index contributed by atoms with van der Waals surface area (Å²) in [7, 11) is -1.23. The molecule has 0 aromatic carbocycles. The minimum Gasteiger partial charge on any atom is -0.463 e. The number of carbonyl (C=O) groups is 1. The van der Waals surface area contributed by atoms with Gasteiger partial charge in [-0.15, -0.1) is 0 Å². The fourth-order valence-electron chi connectivity index (χ4n) is 0.508. The molecule has 0 aliphatic rings. The molecule has 0 amide bonds. The van der Waals surface area contributed by atoms with Crippen LogP contribution in [0.25, 0.3) is 0 Å². The van der Waals surface area contributed by atoms with E-state index in [1.807, 2.05) is 5.70 Å². The standard InChI is InChI=1S/C8H16O2Si/c1-5-10-8(9)6-7-11(2,3)4/h6-7H,5H2,1-4H3. The zero-order valence-electron chi connectivity index (χ0n) is 7.68. The Morgan fingerprint density at radius 3 is 2.36 bits per heavy atom. The summed E-state index contributed by atoms with van der Waals surface area (Å²) in [6.45, 7) is 8.77. The van der Waals surface area contributed by atoms with Crippen LogP contribution < -0.4 is 0 Å². The predicted octanol–water partition coefficient (Wildman–Crippen LogP) is 1.98. The largest absolute Gasteiger partial charge is 0.463 e. The highest BCUT2D eigenvalue weighted by atomic mass is 28.3. The average molecular weight is 172 g/mol. The molecule has 0 aliphatic carbocycles. The smallest absolute Gasteiger partial charge is 0.330 e. The van der Waals surface area contributed by atoms with Crippen LogP contribution in [0.1, 0.15) is 6.92 Å². The molecule has 0 N–H and O–H groups in total. The van der Waals surface area contributed by atoms with Crippen molar-refractivity contribution in [3.05, 3.63) is 11.8 Å². The zero-order valence-corrected chi connectivity index (χ0v) is 8.68. The van der Waals surface area contributed by atoms with Crippen LogP contribution in [0, 0.1) is 0 Å². The number of rotatable bonds is 3. The van der Waals surface area contributed by atoms with E-state index in [4.69, 9.17) is 4.74 Å². The van der Waals surface area contributed by atoms with E-state index in [9.17, 15) is 4.79 Å². The molecule has 64 valence electrons. The molecule has 0 unspecified atom stereocenters. The average Bonchev–Trinajstić information content (AvgIpc) is 1.83. The van der Waals surface area contributed by atoms with Gasteiger partial charge in [0.15, 0.2) is 0 Å². The molecule has 0 saturated heterocycles. The molecule has 0 aromatic rings. The van der Waals surface area contributed by atoms with E-state index in [1.165, 1.54) is 6.08 Å². The highest BCUT2D eigenvalue weighted by Crippen LogP contribution is 2.01. The molecule has 3 heteroatoms. The Kier molecular flexibility index (Phi) is 4.11. The van der Waals surface area contributed by atoms with E-state index in [-0.39, 0.29) is 5.97 Å². The first-order valence-corrected chi connectivity index (χ1v) is 7.39. The molecule has 0 aromatic heterocycles. The van der Waals surface area contributed by atoms with Gasteiger partial charge in [-0.25, -0.2) is 4.79 Å². The van der Waals surface area contributed by atoms with Gasteiger partial charge in [0, 0.05) is 6.08 Å². The molecule has 0 aliphatic heterocycles. The third-order valence-corrected chi connectivity index (χ3v) is 2.17. The second-order valence-corrected chi connectivity index (χ2v) is 8.52. The van der Waals surface area contributed by atoms with Crippen molar-refractivity contribution in [2.75, 3.05) is 6.61 Å². The number of ether oxygens (including phenoxy) is 1. The summed E-state index contributed by atoms with van der Waals surface area (Å²) in [6, 6.07) is 0. The Morgan fingerprint density at radius 2 is 2.00 bits per heavy atom. The van der Waals surface area contributed by atoms with Gasteiger partial charge in [0.25, 0.3) is 0 Å². The van der Waals surface area contributed by atoms with Crippen molar-refractivity contribution in [3.63, 3.8) is 0 Å². The van der Waals surface area contributed by atoms with Crippen LogP contribution in [-0.4, -0.2) is 20.7 Å². The molecular formula is C8H16O2Si. The van der Waals surface area contributed by atoms with E-state index < -0.39 is 8.07 Å². The Bertz CT molecular complexity index is 156. The first-order chi connectivity index (χ1) is 4.95. The maximum absolute atomic E-state index is 10.8. The molecule has 0 bridgehead atoms. The maximum Gasteiger partial charge on any atom is 0.330 e. The van der Waals surface area contributed by atoms with Crippen molar-refractivity contribution in [3.8, 4) is 0 Å². The van der Waals surface area contributed by atoms with Gasteiger partial charge in [-0.2, -0.15) is 0 Å². The third kappa shape index (κ3) is 7.32. The highest BCUT2D eigenvalue weighted by molar-refractivity contribution is 6.81. The molecule has 11 heavy (non-hydrogen) atoms. The Hall–Kier alpha value is -0.573. The lowest BCUT2D eigenvalue weighted by molar-refractivity contribution is -0.137. The van der Waals surface area contributed by atoms with Gasteiger partial charge < -0.3 is 4.74 Å². The molecule has 2 nitrogen and oxygen atoms in total. The van der Waals surface area contributed by atoms with E-state index in [2.05, 4.69) is 19.6 Å². The van der Waals surface area contributed by atoms with E-state index in [0.29, 0.717) is 6.61 Å². The molecule has 0 rings (SSSR count). The maximum atomic E-state index is 10.8. The summed E-state index contributed by atoms with van der Waals surface area (Å²) in [5.74, 6) is -0.227. The second kappa shape index (κ2) is 4.33. The second-order valence-electron chi connectivity index (χ2n) is 3.45. The van der Waals surface area contributed by atoms with Gasteiger partial charge in [-0.05, 0) is 6.92 Å². The summed E-state index contributed by atoms with van der Waals surface area (Å²) < 4.78 is 4.73. The van der Waals surface area contributed by atoms with Crippen molar-refractivity contribution in [2.24, 2.45) is 0 Å². The highest BCUT2D eigenvalue weighted by Gasteiger charge is 2.07. The van der Waals surface area contributed by atoms with E-state index in [1.54, 1.807) is 6.92 Å². The lowest BCUT2D eigenvalue weighted by Gasteiger charge is -2.07. The summed E-state index contributed by atoms with van der Waals surface area (Å²) in [6.07, 6.45) is 1.54. The lowest BCUT2D eigenvalue weighted by Crippen LogP contribution is -2.16. The Labute approximate surface area is 69.3 Å². The minimum atomic E-state index is -1.23. The molecule has 0 atom stereocenters. The molecule has 0 fully saturated rings. The quantitative estimate of drug-likeness (QED) is 0.370. The molecular weight excluding hydrogens is 156 g/mol. The van der Waals surface area contributed by atoms with Crippen LogP contribution in [0.3, 0.4) is 0 Å². The number of hydrogen-bond donors (Lipinski definition) is 0. The number of hydrogen-bond acceptors (Lipinski definition) is 2. The Balaban J connectivity index is 3.83. The van der Waals surface area contributed by atoms with Gasteiger partial charge in [0.1, 0.15) is 0 Å². The zero-order chi connectivity index (χ0) is 8.91. The van der Waals surface area contributed by atoms with Gasteiger partial charge in [-0.3, -0.25) is 0 Å². The van der Waals surface area contributed by atoms with Gasteiger partial charge in [-0.1, -0.05) is 25.3 Å². The summed E-state index contributed by atoms with van der Waals surface area (Å²) in [5.41, 5.74) is 1.98. The summed E-state index contributed by atoms with van der Waals surface area (Å²) in [4.78, 5) is 10.8. The first kappa shape index (κ1) is 10.4. The number of esters is 1. The lowest BCUT2D eigenvalue weighted by atomic mass is 10.6. The SMILES string of the molecule is CCOC(=O)C=C[Si](C)(C)C. The van der Waals surface area contributed by atoms with E-state index >= 15 is 0 Å². The van der Waals surface area contributed by atoms with Crippen molar-refractivity contribution in [1.29, 1.82) is 0 Å². The topological polar surface area (TPSA) is 26.3 Å². The van der Waals surface area contributed by atoms with Crippen LogP contribution in [0.2, 0.25) is 19.6 Å². The van der Waals surface area contributed by atoms with Crippen LogP contribution in [0.5, 0.6) is 0 Å². The van der Waals surface area contributed by atoms with Gasteiger partial charge >= 0.3 is 5.97 Å². The van der Waals surface area contributed by atoms with Crippen molar-refractivity contribution < 1.29 is 9.53 Å². The monoisotopic (exact) mass is 172 g/mol. The van der Waals surface area contributed by atoms with Gasteiger partial charge in [0.2, 0.25) is 0 Å². The van der Waals surface area contributed by atoms with Crippen LogP contribution in [0.15, 0.2) is 11.8 Å². The van der Waals surface area contributed by atoms with Gasteiger partial charge in [0.05, 0.1) is 14.7 Å². The molecule has 0 saturated carbocycles. The minimum absolute atomic E-state index is 0.227.